The second kappa shape index (κ2) is 10.4. The lowest BCUT2D eigenvalue weighted by Crippen LogP contribution is -2.26. The number of thioether (sulfide) groups is 1. The van der Waals surface area contributed by atoms with Gasteiger partial charge in [0, 0.05) is 6.04 Å². The highest BCUT2D eigenvalue weighted by atomic mass is 32.2. The molecule has 1 atom stereocenters. The SMILES string of the molecule is CCCC(C)NCCCCCSC. The van der Waals surface area contributed by atoms with Gasteiger partial charge in [-0.1, -0.05) is 19.8 Å². The molecule has 0 aliphatic carbocycles. The molecule has 0 fully saturated rings. The van der Waals surface area contributed by atoms with Crippen LogP contribution in [-0.4, -0.2) is 24.6 Å². The summed E-state index contributed by atoms with van der Waals surface area (Å²) in [6.07, 6.45) is 8.89. The molecule has 1 unspecified atom stereocenters. The number of unbranched alkanes of at least 4 members (excludes halogenated alkanes) is 2. The second-order valence-corrected chi connectivity index (χ2v) is 4.68. The summed E-state index contributed by atoms with van der Waals surface area (Å²) in [7, 11) is 0. The Hall–Kier alpha value is 0.310. The van der Waals surface area contributed by atoms with Crippen molar-refractivity contribution < 1.29 is 0 Å². The van der Waals surface area contributed by atoms with Crippen molar-refractivity contribution in [3.05, 3.63) is 0 Å². The Bertz CT molecular complexity index is 96.1. The first kappa shape index (κ1) is 13.3. The molecule has 1 nitrogen and oxygen atoms in total. The Morgan fingerprint density at radius 3 is 2.62 bits per heavy atom. The van der Waals surface area contributed by atoms with Gasteiger partial charge in [-0.3, -0.25) is 0 Å². The Morgan fingerprint density at radius 2 is 2.00 bits per heavy atom. The van der Waals surface area contributed by atoms with E-state index in [-0.39, 0.29) is 0 Å². The average molecular weight is 203 g/mol. The molecule has 0 saturated carbocycles. The Balaban J connectivity index is 2.97. The lowest BCUT2D eigenvalue weighted by atomic mass is 10.2. The Labute approximate surface area is 88.1 Å². The van der Waals surface area contributed by atoms with Gasteiger partial charge in [0.1, 0.15) is 0 Å². The highest BCUT2D eigenvalue weighted by molar-refractivity contribution is 7.98. The maximum atomic E-state index is 3.55. The Kier molecular flexibility index (Phi) is 10.6. The molecule has 13 heavy (non-hydrogen) atoms. The van der Waals surface area contributed by atoms with Crippen molar-refractivity contribution >= 4 is 11.8 Å². The van der Waals surface area contributed by atoms with Crippen molar-refractivity contribution in [1.82, 2.24) is 5.32 Å². The molecule has 1 N–H and O–H groups in total. The van der Waals surface area contributed by atoms with E-state index in [9.17, 15) is 0 Å². The minimum absolute atomic E-state index is 0.713. The van der Waals surface area contributed by atoms with Crippen LogP contribution in [0.4, 0.5) is 0 Å². The summed E-state index contributed by atoms with van der Waals surface area (Å²) in [5.41, 5.74) is 0. The van der Waals surface area contributed by atoms with Crippen LogP contribution in [-0.2, 0) is 0 Å². The smallest absolute Gasteiger partial charge is 0.00386 e. The molecular formula is C11H25NS. The van der Waals surface area contributed by atoms with E-state index in [0.29, 0.717) is 6.04 Å². The monoisotopic (exact) mass is 203 g/mol. The second-order valence-electron chi connectivity index (χ2n) is 3.70. The molecule has 0 radical (unpaired) electrons. The molecule has 0 amide bonds. The summed E-state index contributed by atoms with van der Waals surface area (Å²) in [4.78, 5) is 0. The summed E-state index contributed by atoms with van der Waals surface area (Å²) >= 11 is 1.95. The third-order valence-corrected chi connectivity index (χ3v) is 2.94. The fraction of sp³-hybridized carbons (Fsp3) is 1.00. The van der Waals surface area contributed by atoms with Gasteiger partial charge in [-0.15, -0.1) is 0 Å². The standard InChI is InChI=1S/C11H25NS/c1-4-8-11(2)12-9-6-5-7-10-13-3/h11-12H,4-10H2,1-3H3. The number of hydrogen-bond donors (Lipinski definition) is 1. The summed E-state index contributed by atoms with van der Waals surface area (Å²) in [5.74, 6) is 1.32. The van der Waals surface area contributed by atoms with Crippen molar-refractivity contribution in [2.24, 2.45) is 0 Å². The summed E-state index contributed by atoms with van der Waals surface area (Å²) in [5, 5.41) is 3.55. The van der Waals surface area contributed by atoms with Gasteiger partial charge in [-0.05, 0) is 44.7 Å². The molecule has 0 saturated heterocycles. The van der Waals surface area contributed by atoms with E-state index in [1.807, 2.05) is 11.8 Å². The first-order valence-electron chi connectivity index (χ1n) is 5.53. The maximum absolute atomic E-state index is 3.55. The molecule has 0 aliphatic rings. The van der Waals surface area contributed by atoms with Crippen molar-refractivity contribution in [2.75, 3.05) is 18.6 Å². The van der Waals surface area contributed by atoms with Crippen molar-refractivity contribution in [1.29, 1.82) is 0 Å². The van der Waals surface area contributed by atoms with Gasteiger partial charge in [0.05, 0.1) is 0 Å². The molecule has 0 aliphatic heterocycles. The normalized spacial score (nSPS) is 13.2. The molecule has 0 spiro atoms. The van der Waals surface area contributed by atoms with Gasteiger partial charge in [0.15, 0.2) is 0 Å². The molecule has 0 rings (SSSR count). The van der Waals surface area contributed by atoms with Crippen LogP contribution in [0.2, 0.25) is 0 Å². The maximum Gasteiger partial charge on any atom is 0.00386 e. The van der Waals surface area contributed by atoms with Crippen LogP contribution in [0.15, 0.2) is 0 Å². The largest absolute Gasteiger partial charge is 0.314 e. The van der Waals surface area contributed by atoms with E-state index >= 15 is 0 Å². The van der Waals surface area contributed by atoms with E-state index < -0.39 is 0 Å². The van der Waals surface area contributed by atoms with Crippen LogP contribution >= 0.6 is 11.8 Å². The lowest BCUT2D eigenvalue weighted by molar-refractivity contribution is 0.494. The number of rotatable bonds is 9. The predicted octanol–water partition coefficient (Wildman–Crippen LogP) is 3.30. The zero-order chi connectivity index (χ0) is 9.94. The van der Waals surface area contributed by atoms with Crippen LogP contribution < -0.4 is 5.32 Å². The molecule has 0 bridgehead atoms. The lowest BCUT2D eigenvalue weighted by Gasteiger charge is -2.11. The summed E-state index contributed by atoms with van der Waals surface area (Å²) in [6, 6.07) is 0.713. The molecule has 0 aromatic heterocycles. The zero-order valence-electron chi connectivity index (χ0n) is 9.44. The van der Waals surface area contributed by atoms with Crippen LogP contribution in [0.5, 0.6) is 0 Å². The third-order valence-electron chi connectivity index (χ3n) is 2.24. The van der Waals surface area contributed by atoms with E-state index in [1.165, 1.54) is 44.4 Å². The van der Waals surface area contributed by atoms with E-state index in [4.69, 9.17) is 0 Å². The molecule has 0 heterocycles. The first-order chi connectivity index (χ1) is 6.31. The predicted molar refractivity (Wildman–Crippen MR) is 64.6 cm³/mol. The third kappa shape index (κ3) is 10.2. The van der Waals surface area contributed by atoms with Gasteiger partial charge in [0.2, 0.25) is 0 Å². The van der Waals surface area contributed by atoms with Gasteiger partial charge < -0.3 is 5.32 Å². The summed E-state index contributed by atoms with van der Waals surface area (Å²) in [6.45, 7) is 5.73. The van der Waals surface area contributed by atoms with Crippen LogP contribution in [0.25, 0.3) is 0 Å². The molecule has 0 aromatic rings. The van der Waals surface area contributed by atoms with Gasteiger partial charge in [-0.25, -0.2) is 0 Å². The van der Waals surface area contributed by atoms with Crippen molar-refractivity contribution in [2.45, 2.75) is 52.0 Å². The van der Waals surface area contributed by atoms with E-state index in [2.05, 4.69) is 25.4 Å². The van der Waals surface area contributed by atoms with Crippen LogP contribution in [0.1, 0.15) is 46.0 Å². The number of nitrogens with one attached hydrogen (secondary N) is 1. The highest BCUT2D eigenvalue weighted by Gasteiger charge is 1.97. The zero-order valence-corrected chi connectivity index (χ0v) is 10.3. The molecule has 80 valence electrons. The van der Waals surface area contributed by atoms with E-state index in [1.54, 1.807) is 0 Å². The topological polar surface area (TPSA) is 12.0 Å². The van der Waals surface area contributed by atoms with Gasteiger partial charge >= 0.3 is 0 Å². The quantitative estimate of drug-likeness (QED) is 0.577. The van der Waals surface area contributed by atoms with Gasteiger partial charge in [-0.2, -0.15) is 11.8 Å². The fourth-order valence-electron chi connectivity index (χ4n) is 1.43. The highest BCUT2D eigenvalue weighted by Crippen LogP contribution is 2.02. The fourth-order valence-corrected chi connectivity index (χ4v) is 1.92. The minimum Gasteiger partial charge on any atom is -0.314 e. The molecule has 0 aromatic carbocycles. The van der Waals surface area contributed by atoms with Crippen LogP contribution in [0.3, 0.4) is 0 Å². The Morgan fingerprint density at radius 1 is 1.23 bits per heavy atom. The number of hydrogen-bond acceptors (Lipinski definition) is 2. The van der Waals surface area contributed by atoms with Gasteiger partial charge in [0.25, 0.3) is 0 Å². The molecule has 2 heteroatoms. The first-order valence-corrected chi connectivity index (χ1v) is 6.93. The average Bonchev–Trinajstić information content (AvgIpc) is 2.11. The van der Waals surface area contributed by atoms with Crippen molar-refractivity contribution in [3.8, 4) is 0 Å². The van der Waals surface area contributed by atoms with Crippen molar-refractivity contribution in [3.63, 3.8) is 0 Å². The molecular weight excluding hydrogens is 178 g/mol. The summed E-state index contributed by atoms with van der Waals surface area (Å²) < 4.78 is 0. The minimum atomic E-state index is 0.713. The van der Waals surface area contributed by atoms with E-state index in [0.717, 1.165) is 0 Å². The van der Waals surface area contributed by atoms with Crippen LogP contribution in [0, 0.1) is 0 Å².